The van der Waals surface area contributed by atoms with Crippen LogP contribution in [-0.2, 0) is 4.79 Å². The maximum atomic E-state index is 12.2. The molecule has 1 unspecified atom stereocenters. The minimum absolute atomic E-state index is 0.0776. The zero-order chi connectivity index (χ0) is 13.3. The van der Waals surface area contributed by atoms with Crippen molar-refractivity contribution in [1.82, 2.24) is 4.90 Å². The molecule has 1 atom stereocenters. The van der Waals surface area contributed by atoms with Crippen molar-refractivity contribution in [3.05, 3.63) is 28.8 Å². The number of aliphatic hydroxyl groups is 1. The Hall–Kier alpha value is -1.10. The van der Waals surface area contributed by atoms with Crippen molar-refractivity contribution in [2.75, 3.05) is 31.6 Å². The lowest BCUT2D eigenvalue weighted by Crippen LogP contribution is -2.57. The minimum Gasteiger partial charge on any atom is -0.394 e. The van der Waals surface area contributed by atoms with E-state index in [1.54, 1.807) is 11.0 Å². The first kappa shape index (κ1) is 13.3. The highest BCUT2D eigenvalue weighted by Crippen LogP contribution is 2.25. The predicted molar refractivity (Wildman–Crippen MR) is 72.0 cm³/mol. The van der Waals surface area contributed by atoms with Crippen molar-refractivity contribution in [3.63, 3.8) is 0 Å². The zero-order valence-electron chi connectivity index (χ0n) is 10.6. The summed E-state index contributed by atoms with van der Waals surface area (Å²) in [6.45, 7) is 3.12. The molecule has 1 aliphatic rings. The maximum absolute atomic E-state index is 12.2. The van der Waals surface area contributed by atoms with E-state index in [0.29, 0.717) is 11.6 Å². The molecule has 1 fully saturated rings. The van der Waals surface area contributed by atoms with Crippen LogP contribution in [0.3, 0.4) is 0 Å². The number of likely N-dealkylation sites (N-methyl/N-ethyl adjacent to an activating group) is 1. The summed E-state index contributed by atoms with van der Waals surface area (Å²) in [6.07, 6.45) is 0. The molecule has 5 heteroatoms. The monoisotopic (exact) mass is 268 g/mol. The Bertz CT molecular complexity index is 464. The standard InChI is InChI=1S/C13H17ClN2O2/c1-9-3-4-10(7-11(9)14)16-6-5-15(2)12(8-17)13(16)18/h3-4,7,12,17H,5-6,8H2,1-2H3. The molecule has 98 valence electrons. The number of hydrogen-bond donors (Lipinski definition) is 1. The van der Waals surface area contributed by atoms with Crippen molar-refractivity contribution < 1.29 is 9.90 Å². The van der Waals surface area contributed by atoms with Crippen molar-refractivity contribution in [1.29, 1.82) is 0 Å². The molecule has 0 aliphatic carbocycles. The number of benzene rings is 1. The smallest absolute Gasteiger partial charge is 0.246 e. The summed E-state index contributed by atoms with van der Waals surface area (Å²) >= 11 is 6.08. The molecule has 1 N–H and O–H groups in total. The zero-order valence-corrected chi connectivity index (χ0v) is 11.3. The van der Waals surface area contributed by atoms with Crippen LogP contribution in [0, 0.1) is 6.92 Å². The summed E-state index contributed by atoms with van der Waals surface area (Å²) < 4.78 is 0. The van der Waals surface area contributed by atoms with Gasteiger partial charge in [-0.15, -0.1) is 0 Å². The molecule has 1 heterocycles. The first-order valence-corrected chi connectivity index (χ1v) is 6.31. The van der Waals surface area contributed by atoms with E-state index in [2.05, 4.69) is 0 Å². The summed E-state index contributed by atoms with van der Waals surface area (Å²) in [6, 6.07) is 5.13. The molecule has 0 saturated carbocycles. The van der Waals surface area contributed by atoms with Gasteiger partial charge in [0.25, 0.3) is 0 Å². The van der Waals surface area contributed by atoms with Crippen LogP contribution < -0.4 is 4.90 Å². The molecule has 0 spiro atoms. The van der Waals surface area contributed by atoms with E-state index in [4.69, 9.17) is 11.6 Å². The molecule has 0 aromatic heterocycles. The van der Waals surface area contributed by atoms with Crippen molar-refractivity contribution in [3.8, 4) is 0 Å². The quantitative estimate of drug-likeness (QED) is 0.879. The van der Waals surface area contributed by atoms with Gasteiger partial charge in [-0.3, -0.25) is 9.69 Å². The highest BCUT2D eigenvalue weighted by Gasteiger charge is 2.32. The van der Waals surface area contributed by atoms with Gasteiger partial charge < -0.3 is 10.0 Å². The van der Waals surface area contributed by atoms with Crippen LogP contribution in [0.15, 0.2) is 18.2 Å². The highest BCUT2D eigenvalue weighted by molar-refractivity contribution is 6.31. The Morgan fingerprint density at radius 3 is 2.78 bits per heavy atom. The Morgan fingerprint density at radius 2 is 2.17 bits per heavy atom. The van der Waals surface area contributed by atoms with Gasteiger partial charge in [0, 0.05) is 23.8 Å². The van der Waals surface area contributed by atoms with Crippen LogP contribution in [0.4, 0.5) is 5.69 Å². The number of carbonyl (C=O) groups is 1. The molecule has 1 aromatic carbocycles. The van der Waals surface area contributed by atoms with Gasteiger partial charge in [0.05, 0.1) is 6.61 Å². The second-order valence-corrected chi connectivity index (χ2v) is 5.01. The number of rotatable bonds is 2. The summed E-state index contributed by atoms with van der Waals surface area (Å²) in [4.78, 5) is 15.8. The van der Waals surface area contributed by atoms with Gasteiger partial charge in [0.1, 0.15) is 6.04 Å². The third-order valence-electron chi connectivity index (χ3n) is 3.40. The van der Waals surface area contributed by atoms with Gasteiger partial charge in [-0.25, -0.2) is 0 Å². The molecule has 0 bridgehead atoms. The van der Waals surface area contributed by atoms with E-state index in [-0.39, 0.29) is 12.5 Å². The summed E-state index contributed by atoms with van der Waals surface area (Å²) in [5.41, 5.74) is 1.78. The second kappa shape index (κ2) is 5.26. The van der Waals surface area contributed by atoms with Gasteiger partial charge in [-0.2, -0.15) is 0 Å². The lowest BCUT2D eigenvalue weighted by atomic mass is 10.1. The molecule has 18 heavy (non-hydrogen) atoms. The number of anilines is 1. The van der Waals surface area contributed by atoms with Gasteiger partial charge in [-0.05, 0) is 31.7 Å². The fraction of sp³-hybridized carbons (Fsp3) is 0.462. The fourth-order valence-corrected chi connectivity index (χ4v) is 2.29. The molecule has 2 rings (SSSR count). The first-order chi connectivity index (χ1) is 8.54. The van der Waals surface area contributed by atoms with Crippen molar-refractivity contribution in [2.45, 2.75) is 13.0 Å². The Morgan fingerprint density at radius 1 is 1.44 bits per heavy atom. The van der Waals surface area contributed by atoms with E-state index in [1.165, 1.54) is 0 Å². The Balaban J connectivity index is 2.27. The topological polar surface area (TPSA) is 43.8 Å². The number of amides is 1. The number of aliphatic hydroxyl groups excluding tert-OH is 1. The third kappa shape index (κ3) is 2.36. The number of nitrogens with zero attached hydrogens (tertiary/aromatic N) is 2. The highest BCUT2D eigenvalue weighted by atomic mass is 35.5. The van der Waals surface area contributed by atoms with E-state index in [9.17, 15) is 9.90 Å². The molecule has 1 aromatic rings. The van der Waals surface area contributed by atoms with Crippen LogP contribution in [0.5, 0.6) is 0 Å². The number of aryl methyl sites for hydroxylation is 1. The molecule has 1 aliphatic heterocycles. The van der Waals surface area contributed by atoms with E-state index >= 15 is 0 Å². The van der Waals surface area contributed by atoms with E-state index in [0.717, 1.165) is 17.8 Å². The molecule has 4 nitrogen and oxygen atoms in total. The summed E-state index contributed by atoms with van der Waals surface area (Å²) in [7, 11) is 1.85. The lowest BCUT2D eigenvalue weighted by molar-refractivity contribution is -0.126. The van der Waals surface area contributed by atoms with E-state index < -0.39 is 6.04 Å². The van der Waals surface area contributed by atoms with Gasteiger partial charge in [-0.1, -0.05) is 17.7 Å². The molecule has 0 radical (unpaired) electrons. The Kier molecular flexibility index (Phi) is 3.90. The van der Waals surface area contributed by atoms with Gasteiger partial charge in [0.2, 0.25) is 5.91 Å². The van der Waals surface area contributed by atoms with Crippen LogP contribution in [-0.4, -0.2) is 48.7 Å². The third-order valence-corrected chi connectivity index (χ3v) is 3.81. The van der Waals surface area contributed by atoms with Crippen molar-refractivity contribution >= 4 is 23.2 Å². The average molecular weight is 269 g/mol. The number of halogens is 1. The molecular weight excluding hydrogens is 252 g/mol. The molecular formula is C13H17ClN2O2. The van der Waals surface area contributed by atoms with Crippen molar-refractivity contribution in [2.24, 2.45) is 0 Å². The fourth-order valence-electron chi connectivity index (χ4n) is 2.12. The molecule has 1 amide bonds. The van der Waals surface area contributed by atoms with Crippen LogP contribution in [0.25, 0.3) is 0 Å². The first-order valence-electron chi connectivity index (χ1n) is 5.93. The van der Waals surface area contributed by atoms with Gasteiger partial charge >= 0.3 is 0 Å². The normalized spacial score (nSPS) is 21.4. The Labute approximate surface area is 112 Å². The SMILES string of the molecule is Cc1ccc(N2CCN(C)C(CO)C2=O)cc1Cl. The lowest BCUT2D eigenvalue weighted by Gasteiger charge is -2.37. The van der Waals surface area contributed by atoms with Crippen LogP contribution in [0.2, 0.25) is 5.02 Å². The summed E-state index contributed by atoms with van der Waals surface area (Å²) in [5, 5.41) is 9.93. The van der Waals surface area contributed by atoms with Crippen LogP contribution >= 0.6 is 11.6 Å². The maximum Gasteiger partial charge on any atom is 0.246 e. The van der Waals surface area contributed by atoms with E-state index in [1.807, 2.05) is 31.0 Å². The van der Waals surface area contributed by atoms with Crippen LogP contribution in [0.1, 0.15) is 5.56 Å². The summed E-state index contributed by atoms with van der Waals surface area (Å²) in [5.74, 6) is -0.0776. The number of carbonyl (C=O) groups excluding carboxylic acids is 1. The largest absolute Gasteiger partial charge is 0.394 e. The molecule has 1 saturated heterocycles. The van der Waals surface area contributed by atoms with Gasteiger partial charge in [0.15, 0.2) is 0 Å². The number of hydrogen-bond acceptors (Lipinski definition) is 3. The predicted octanol–water partition coefficient (Wildman–Crippen LogP) is 1.29. The average Bonchev–Trinajstić information content (AvgIpc) is 2.34. The second-order valence-electron chi connectivity index (χ2n) is 4.60. The number of piperazine rings is 1. The minimum atomic E-state index is -0.459.